The van der Waals surface area contributed by atoms with Crippen LogP contribution in [-0.4, -0.2) is 19.6 Å². The number of hydrogen-bond donors (Lipinski definition) is 1. The number of rotatable bonds is 4. The largest absolute Gasteiger partial charge is 0.496 e. The summed E-state index contributed by atoms with van der Waals surface area (Å²) in [7, 11) is 1.63. The third-order valence-corrected chi connectivity index (χ3v) is 5.77. The van der Waals surface area contributed by atoms with Crippen molar-refractivity contribution in [1.82, 2.24) is 5.32 Å². The molecule has 1 atom stereocenters. The van der Waals surface area contributed by atoms with Gasteiger partial charge in [0.1, 0.15) is 17.3 Å². The van der Waals surface area contributed by atoms with E-state index in [-0.39, 0.29) is 16.6 Å². The highest BCUT2D eigenvalue weighted by Gasteiger charge is 2.27. The predicted octanol–water partition coefficient (Wildman–Crippen LogP) is 5.72. The van der Waals surface area contributed by atoms with Crippen LogP contribution in [0.2, 0.25) is 5.02 Å². The lowest BCUT2D eigenvalue weighted by Gasteiger charge is -2.27. The van der Waals surface area contributed by atoms with Crippen LogP contribution in [0.15, 0.2) is 54.6 Å². The van der Waals surface area contributed by atoms with Crippen LogP contribution >= 0.6 is 11.6 Å². The molecular formula is C24H21ClFNO3. The molecular weight excluding hydrogens is 405 g/mol. The van der Waals surface area contributed by atoms with Gasteiger partial charge in [-0.2, -0.15) is 0 Å². The number of methoxy groups -OCH3 is 1. The van der Waals surface area contributed by atoms with Crippen LogP contribution in [0.3, 0.4) is 0 Å². The summed E-state index contributed by atoms with van der Waals surface area (Å²) < 4.78 is 25.6. The van der Waals surface area contributed by atoms with E-state index in [1.165, 1.54) is 6.07 Å². The Kier molecular flexibility index (Phi) is 5.64. The molecule has 1 aliphatic rings. The molecule has 0 aliphatic carbocycles. The first-order chi connectivity index (χ1) is 14.5. The van der Waals surface area contributed by atoms with E-state index >= 15 is 0 Å². The molecule has 3 aromatic rings. The number of carbonyl (C=O) groups is 1. The average molecular weight is 426 g/mol. The number of aryl methyl sites for hydroxylation is 1. The van der Waals surface area contributed by atoms with Crippen molar-refractivity contribution >= 4 is 17.5 Å². The zero-order valence-electron chi connectivity index (χ0n) is 16.7. The van der Waals surface area contributed by atoms with Gasteiger partial charge in [-0.25, -0.2) is 4.39 Å². The van der Waals surface area contributed by atoms with E-state index in [0.717, 1.165) is 22.4 Å². The van der Waals surface area contributed by atoms with E-state index in [1.54, 1.807) is 20.1 Å². The summed E-state index contributed by atoms with van der Waals surface area (Å²) in [6.07, 6.45) is 0.569. The van der Waals surface area contributed by atoms with E-state index in [2.05, 4.69) is 5.32 Å². The van der Waals surface area contributed by atoms with Gasteiger partial charge in [0.05, 0.1) is 30.3 Å². The Bertz CT molecular complexity index is 1120. The molecule has 0 bridgehead atoms. The summed E-state index contributed by atoms with van der Waals surface area (Å²) in [5.74, 6) is 0.268. The van der Waals surface area contributed by atoms with Crippen LogP contribution in [0.4, 0.5) is 4.39 Å². The molecule has 0 saturated heterocycles. The lowest BCUT2D eigenvalue weighted by Crippen LogP contribution is -2.33. The molecule has 0 aromatic heterocycles. The van der Waals surface area contributed by atoms with Crippen LogP contribution in [0.25, 0.3) is 11.1 Å². The number of fused-ring (bicyclic) bond motifs is 1. The summed E-state index contributed by atoms with van der Waals surface area (Å²) in [5.41, 5.74) is 3.23. The zero-order chi connectivity index (χ0) is 21.3. The van der Waals surface area contributed by atoms with E-state index in [9.17, 15) is 9.18 Å². The number of benzene rings is 3. The van der Waals surface area contributed by atoms with Crippen LogP contribution in [-0.2, 0) is 0 Å². The van der Waals surface area contributed by atoms with Crippen molar-refractivity contribution in [2.45, 2.75) is 19.4 Å². The first-order valence-corrected chi connectivity index (χ1v) is 10.0. The Labute approximate surface area is 179 Å². The SMILES string of the molecule is COc1ccccc1-c1ccc2c(c1)C(NC(=O)c1c(F)ccc(C)c1Cl)CCO2. The lowest BCUT2D eigenvalue weighted by molar-refractivity contribution is 0.0921. The van der Waals surface area contributed by atoms with Crippen molar-refractivity contribution in [3.8, 4) is 22.6 Å². The summed E-state index contributed by atoms with van der Waals surface area (Å²) in [6.45, 7) is 2.19. The van der Waals surface area contributed by atoms with Gasteiger partial charge in [0, 0.05) is 17.5 Å². The molecule has 1 heterocycles. The molecule has 1 aliphatic heterocycles. The normalized spacial score (nSPS) is 15.1. The predicted molar refractivity (Wildman–Crippen MR) is 115 cm³/mol. The topological polar surface area (TPSA) is 47.6 Å². The smallest absolute Gasteiger partial charge is 0.256 e. The number of nitrogens with one attached hydrogen (secondary N) is 1. The molecule has 1 N–H and O–H groups in total. The van der Waals surface area contributed by atoms with Crippen LogP contribution < -0.4 is 14.8 Å². The fraction of sp³-hybridized carbons (Fsp3) is 0.208. The first-order valence-electron chi connectivity index (χ1n) is 9.65. The third-order valence-electron chi connectivity index (χ3n) is 5.28. The highest BCUT2D eigenvalue weighted by atomic mass is 35.5. The van der Waals surface area contributed by atoms with Gasteiger partial charge in [0.2, 0.25) is 0 Å². The molecule has 1 unspecified atom stereocenters. The van der Waals surface area contributed by atoms with Crippen molar-refractivity contribution in [3.63, 3.8) is 0 Å². The fourth-order valence-electron chi connectivity index (χ4n) is 3.69. The summed E-state index contributed by atoms with van der Waals surface area (Å²) >= 11 is 6.21. The minimum Gasteiger partial charge on any atom is -0.496 e. The molecule has 30 heavy (non-hydrogen) atoms. The van der Waals surface area contributed by atoms with Gasteiger partial charge in [-0.3, -0.25) is 4.79 Å². The number of halogens is 2. The monoisotopic (exact) mass is 425 g/mol. The summed E-state index contributed by atoms with van der Waals surface area (Å²) in [6, 6.07) is 16.0. The van der Waals surface area contributed by atoms with Crippen LogP contribution in [0, 0.1) is 12.7 Å². The standard InChI is InChI=1S/C24H21ClFNO3/c1-14-7-9-18(26)22(23(14)25)24(28)27-19-11-12-30-21-10-8-15(13-17(19)21)16-5-3-4-6-20(16)29-2/h3-10,13,19H,11-12H2,1-2H3,(H,27,28). The fourth-order valence-corrected chi connectivity index (χ4v) is 3.93. The van der Waals surface area contributed by atoms with Crippen molar-refractivity contribution in [2.75, 3.05) is 13.7 Å². The Morgan fingerprint density at radius 2 is 2.00 bits per heavy atom. The highest BCUT2D eigenvalue weighted by Crippen LogP contribution is 2.38. The molecule has 1 amide bonds. The maximum atomic E-state index is 14.3. The Morgan fingerprint density at radius 3 is 2.80 bits per heavy atom. The van der Waals surface area contributed by atoms with Crippen molar-refractivity contribution in [3.05, 3.63) is 82.1 Å². The van der Waals surface area contributed by atoms with E-state index in [1.807, 2.05) is 42.5 Å². The number of hydrogen-bond acceptors (Lipinski definition) is 3. The van der Waals surface area contributed by atoms with Crippen LogP contribution in [0.5, 0.6) is 11.5 Å². The summed E-state index contributed by atoms with van der Waals surface area (Å²) in [4.78, 5) is 12.9. The van der Waals surface area contributed by atoms with E-state index < -0.39 is 11.7 Å². The Morgan fingerprint density at radius 1 is 1.20 bits per heavy atom. The molecule has 4 rings (SSSR count). The highest BCUT2D eigenvalue weighted by molar-refractivity contribution is 6.34. The van der Waals surface area contributed by atoms with Gasteiger partial charge in [-0.15, -0.1) is 0 Å². The Balaban J connectivity index is 1.69. The molecule has 0 radical (unpaired) electrons. The van der Waals surface area contributed by atoms with Crippen molar-refractivity contribution in [2.24, 2.45) is 0 Å². The molecule has 4 nitrogen and oxygen atoms in total. The molecule has 154 valence electrons. The summed E-state index contributed by atoms with van der Waals surface area (Å²) in [5, 5.41) is 3.06. The van der Waals surface area contributed by atoms with E-state index in [4.69, 9.17) is 21.1 Å². The maximum Gasteiger partial charge on any atom is 0.256 e. The molecule has 3 aromatic carbocycles. The average Bonchev–Trinajstić information content (AvgIpc) is 2.76. The van der Waals surface area contributed by atoms with Gasteiger partial charge in [-0.05, 0) is 42.3 Å². The minimum absolute atomic E-state index is 0.127. The second-order valence-electron chi connectivity index (χ2n) is 7.17. The maximum absolute atomic E-state index is 14.3. The van der Waals surface area contributed by atoms with Gasteiger partial charge < -0.3 is 14.8 Å². The quantitative estimate of drug-likeness (QED) is 0.581. The number of para-hydroxylation sites is 1. The van der Waals surface area contributed by atoms with Crippen molar-refractivity contribution < 1.29 is 18.7 Å². The molecule has 6 heteroatoms. The number of carbonyl (C=O) groups excluding carboxylic acids is 1. The van der Waals surface area contributed by atoms with Crippen molar-refractivity contribution in [1.29, 1.82) is 0 Å². The molecule has 0 saturated carbocycles. The van der Waals surface area contributed by atoms with Gasteiger partial charge >= 0.3 is 0 Å². The second kappa shape index (κ2) is 8.36. The third kappa shape index (κ3) is 3.73. The van der Waals surface area contributed by atoms with Gasteiger partial charge in [0.25, 0.3) is 5.91 Å². The van der Waals surface area contributed by atoms with Gasteiger partial charge in [-0.1, -0.05) is 41.9 Å². The second-order valence-corrected chi connectivity index (χ2v) is 7.55. The zero-order valence-corrected chi connectivity index (χ0v) is 17.4. The first kappa shape index (κ1) is 20.2. The number of ether oxygens (including phenoxy) is 2. The Hall–Kier alpha value is -3.05. The van der Waals surface area contributed by atoms with E-state index in [0.29, 0.717) is 24.3 Å². The van der Waals surface area contributed by atoms with Gasteiger partial charge in [0.15, 0.2) is 0 Å². The van der Waals surface area contributed by atoms with Crippen LogP contribution in [0.1, 0.15) is 33.9 Å². The molecule has 0 fully saturated rings. The number of amides is 1. The minimum atomic E-state index is -0.641. The lowest BCUT2D eigenvalue weighted by atomic mass is 9.94. The molecule has 0 spiro atoms.